The van der Waals surface area contributed by atoms with Crippen LogP contribution in [0, 0.1) is 5.92 Å². The van der Waals surface area contributed by atoms with Gasteiger partial charge in [0, 0.05) is 18.6 Å². The summed E-state index contributed by atoms with van der Waals surface area (Å²) in [5.74, 6) is 2.17. The lowest BCUT2D eigenvalue weighted by atomic mass is 10.0. The van der Waals surface area contributed by atoms with Crippen molar-refractivity contribution in [2.75, 3.05) is 27.3 Å². The van der Waals surface area contributed by atoms with Crippen molar-refractivity contribution in [3.05, 3.63) is 23.8 Å². The van der Waals surface area contributed by atoms with Crippen LogP contribution in [0.4, 0.5) is 0 Å². The van der Waals surface area contributed by atoms with Crippen LogP contribution in [0.5, 0.6) is 11.5 Å². The lowest BCUT2D eigenvalue weighted by molar-refractivity contribution is 0.195. The molecule has 2 N–H and O–H groups in total. The van der Waals surface area contributed by atoms with Crippen molar-refractivity contribution in [1.29, 1.82) is 0 Å². The molecule has 1 aliphatic heterocycles. The van der Waals surface area contributed by atoms with Crippen LogP contribution in [0.3, 0.4) is 0 Å². The first-order valence-electron chi connectivity index (χ1n) is 7.78. The molecule has 0 aliphatic carbocycles. The zero-order valence-electron chi connectivity index (χ0n) is 13.6. The molecule has 0 spiro atoms. The van der Waals surface area contributed by atoms with Crippen molar-refractivity contribution in [2.45, 2.75) is 38.8 Å². The van der Waals surface area contributed by atoms with E-state index in [0.29, 0.717) is 12.0 Å². The number of benzene rings is 1. The van der Waals surface area contributed by atoms with Crippen LogP contribution < -0.4 is 15.2 Å². The zero-order valence-corrected chi connectivity index (χ0v) is 13.6. The third kappa shape index (κ3) is 3.69. The number of ether oxygens (including phenoxy) is 2. The highest BCUT2D eigenvalue weighted by molar-refractivity contribution is 5.43. The molecule has 2 rings (SSSR count). The van der Waals surface area contributed by atoms with E-state index >= 15 is 0 Å². The molecule has 2 unspecified atom stereocenters. The van der Waals surface area contributed by atoms with Crippen LogP contribution in [0.1, 0.15) is 38.3 Å². The smallest absolute Gasteiger partial charge is 0.161 e. The Balaban J connectivity index is 2.08. The highest BCUT2D eigenvalue weighted by Gasteiger charge is 2.28. The standard InChI is InChI=1S/C17H28N2O2/c1-12(2)15-6-5-9-19(15)11-14(18)13-7-8-16(20-3)17(10-13)21-4/h7-8,10,12,14-15H,5-6,9,11,18H2,1-4H3. The third-order valence-electron chi connectivity index (χ3n) is 4.45. The summed E-state index contributed by atoms with van der Waals surface area (Å²) < 4.78 is 10.6. The lowest BCUT2D eigenvalue weighted by Crippen LogP contribution is -2.38. The van der Waals surface area contributed by atoms with Crippen LogP contribution in [-0.2, 0) is 0 Å². The third-order valence-corrected chi connectivity index (χ3v) is 4.45. The summed E-state index contributed by atoms with van der Waals surface area (Å²) in [7, 11) is 3.30. The maximum absolute atomic E-state index is 6.41. The molecule has 4 nitrogen and oxygen atoms in total. The molecule has 2 atom stereocenters. The van der Waals surface area contributed by atoms with Gasteiger partial charge >= 0.3 is 0 Å². The summed E-state index contributed by atoms with van der Waals surface area (Å²) in [4.78, 5) is 2.53. The van der Waals surface area contributed by atoms with E-state index in [1.807, 2.05) is 18.2 Å². The number of hydrogen-bond acceptors (Lipinski definition) is 4. The predicted octanol–water partition coefficient (Wildman–Crippen LogP) is 2.82. The van der Waals surface area contributed by atoms with Gasteiger partial charge in [0.1, 0.15) is 0 Å². The first-order chi connectivity index (χ1) is 10.1. The Morgan fingerprint density at radius 3 is 2.57 bits per heavy atom. The van der Waals surface area contributed by atoms with Crippen LogP contribution in [-0.4, -0.2) is 38.3 Å². The van der Waals surface area contributed by atoms with Gasteiger partial charge in [0.25, 0.3) is 0 Å². The second-order valence-electron chi connectivity index (χ2n) is 6.17. The lowest BCUT2D eigenvalue weighted by Gasteiger charge is -2.30. The molecule has 0 radical (unpaired) electrons. The summed E-state index contributed by atoms with van der Waals surface area (Å²) in [6.45, 7) is 6.65. The summed E-state index contributed by atoms with van der Waals surface area (Å²) in [6, 6.07) is 6.62. The zero-order chi connectivity index (χ0) is 15.4. The van der Waals surface area contributed by atoms with Crippen LogP contribution in [0.2, 0.25) is 0 Å². The molecule has 1 heterocycles. The molecule has 0 saturated carbocycles. The fourth-order valence-electron chi connectivity index (χ4n) is 3.28. The highest BCUT2D eigenvalue weighted by atomic mass is 16.5. The normalized spacial score (nSPS) is 20.8. The Labute approximate surface area is 128 Å². The number of nitrogens with zero attached hydrogens (tertiary/aromatic N) is 1. The van der Waals surface area contributed by atoms with E-state index in [4.69, 9.17) is 15.2 Å². The Hall–Kier alpha value is -1.26. The van der Waals surface area contributed by atoms with Crippen LogP contribution in [0.15, 0.2) is 18.2 Å². The van der Waals surface area contributed by atoms with Crippen molar-refractivity contribution < 1.29 is 9.47 Å². The summed E-state index contributed by atoms with van der Waals surface area (Å²) in [5.41, 5.74) is 7.51. The summed E-state index contributed by atoms with van der Waals surface area (Å²) in [6.07, 6.45) is 2.57. The van der Waals surface area contributed by atoms with E-state index in [9.17, 15) is 0 Å². The first-order valence-corrected chi connectivity index (χ1v) is 7.78. The Kier molecular flexibility index (Phi) is 5.48. The fourth-order valence-corrected chi connectivity index (χ4v) is 3.28. The average Bonchev–Trinajstić information content (AvgIpc) is 2.94. The molecular formula is C17H28N2O2. The molecule has 0 aromatic heterocycles. The van der Waals surface area contributed by atoms with Crippen molar-refractivity contribution in [3.8, 4) is 11.5 Å². The fraction of sp³-hybridized carbons (Fsp3) is 0.647. The quantitative estimate of drug-likeness (QED) is 0.876. The average molecular weight is 292 g/mol. The number of hydrogen-bond donors (Lipinski definition) is 1. The minimum absolute atomic E-state index is 0.00385. The molecule has 1 aliphatic rings. The Bertz CT molecular complexity index is 462. The first kappa shape index (κ1) is 16.1. The van der Waals surface area contributed by atoms with Gasteiger partial charge < -0.3 is 15.2 Å². The molecule has 118 valence electrons. The maximum Gasteiger partial charge on any atom is 0.161 e. The minimum Gasteiger partial charge on any atom is -0.493 e. The number of likely N-dealkylation sites (tertiary alicyclic amines) is 1. The Morgan fingerprint density at radius 1 is 1.24 bits per heavy atom. The highest BCUT2D eigenvalue weighted by Crippen LogP contribution is 2.31. The Morgan fingerprint density at radius 2 is 1.95 bits per heavy atom. The second-order valence-corrected chi connectivity index (χ2v) is 6.17. The van der Waals surface area contributed by atoms with Gasteiger partial charge in [0.15, 0.2) is 11.5 Å². The van der Waals surface area contributed by atoms with Gasteiger partial charge in [-0.15, -0.1) is 0 Å². The van der Waals surface area contributed by atoms with Gasteiger partial charge in [-0.2, -0.15) is 0 Å². The van der Waals surface area contributed by atoms with E-state index in [1.165, 1.54) is 12.8 Å². The molecule has 1 aromatic rings. The van der Waals surface area contributed by atoms with Crippen molar-refractivity contribution in [3.63, 3.8) is 0 Å². The van der Waals surface area contributed by atoms with E-state index < -0.39 is 0 Å². The number of methoxy groups -OCH3 is 2. The van der Waals surface area contributed by atoms with Crippen molar-refractivity contribution in [1.82, 2.24) is 4.90 Å². The molecule has 0 amide bonds. The predicted molar refractivity (Wildman–Crippen MR) is 85.9 cm³/mol. The van der Waals surface area contributed by atoms with Crippen molar-refractivity contribution in [2.24, 2.45) is 11.7 Å². The number of nitrogens with two attached hydrogens (primary N) is 1. The maximum atomic E-state index is 6.41. The number of rotatable bonds is 6. The topological polar surface area (TPSA) is 47.7 Å². The van der Waals surface area contributed by atoms with E-state index in [0.717, 1.165) is 30.2 Å². The van der Waals surface area contributed by atoms with Gasteiger partial charge in [0.2, 0.25) is 0 Å². The molecule has 0 bridgehead atoms. The molecule has 4 heteroatoms. The van der Waals surface area contributed by atoms with Gasteiger partial charge in [-0.3, -0.25) is 4.90 Å². The monoisotopic (exact) mass is 292 g/mol. The van der Waals surface area contributed by atoms with E-state index in [2.05, 4.69) is 18.7 Å². The largest absolute Gasteiger partial charge is 0.493 e. The molecule has 1 aromatic carbocycles. The summed E-state index contributed by atoms with van der Waals surface area (Å²) >= 11 is 0. The molecule has 21 heavy (non-hydrogen) atoms. The van der Waals surface area contributed by atoms with Gasteiger partial charge in [-0.05, 0) is 43.0 Å². The minimum atomic E-state index is 0.00385. The second kappa shape index (κ2) is 7.14. The van der Waals surface area contributed by atoms with E-state index in [-0.39, 0.29) is 6.04 Å². The van der Waals surface area contributed by atoms with Crippen molar-refractivity contribution >= 4 is 0 Å². The van der Waals surface area contributed by atoms with Gasteiger partial charge in [-0.1, -0.05) is 19.9 Å². The summed E-state index contributed by atoms with van der Waals surface area (Å²) in [5, 5.41) is 0. The van der Waals surface area contributed by atoms with Crippen LogP contribution >= 0.6 is 0 Å². The van der Waals surface area contributed by atoms with Gasteiger partial charge in [-0.25, -0.2) is 0 Å². The van der Waals surface area contributed by atoms with Gasteiger partial charge in [0.05, 0.1) is 14.2 Å². The molecular weight excluding hydrogens is 264 g/mol. The molecule has 1 saturated heterocycles. The van der Waals surface area contributed by atoms with E-state index in [1.54, 1.807) is 14.2 Å². The molecule has 1 fully saturated rings. The SMILES string of the molecule is COc1ccc(C(N)CN2CCCC2C(C)C)cc1OC. The van der Waals surface area contributed by atoms with Crippen LogP contribution in [0.25, 0.3) is 0 Å².